The van der Waals surface area contributed by atoms with E-state index in [1.54, 1.807) is 18.6 Å². The minimum Gasteiger partial charge on any atom is -0.355 e. The highest BCUT2D eigenvalue weighted by Crippen LogP contribution is 2.30. The van der Waals surface area contributed by atoms with Gasteiger partial charge in [0.1, 0.15) is 17.5 Å². The van der Waals surface area contributed by atoms with Crippen molar-refractivity contribution in [1.82, 2.24) is 25.3 Å². The molecular weight excluding hydrogens is 352 g/mol. The second-order valence-corrected chi connectivity index (χ2v) is 6.70. The monoisotopic (exact) mass is 370 g/mol. The summed E-state index contributed by atoms with van der Waals surface area (Å²) in [6.45, 7) is 3.34. The summed E-state index contributed by atoms with van der Waals surface area (Å²) in [6, 6.07) is 1.66. The van der Waals surface area contributed by atoms with Crippen LogP contribution in [-0.2, 0) is 4.79 Å². The fourth-order valence-corrected chi connectivity index (χ4v) is 3.58. The molecule has 8 heteroatoms. The third-order valence-electron chi connectivity index (χ3n) is 4.60. The van der Waals surface area contributed by atoms with Gasteiger partial charge in [0.15, 0.2) is 0 Å². The maximum atomic E-state index is 12.3. The molecular formula is C18H19ClN6O. The molecule has 0 saturated carbocycles. The molecule has 0 bridgehead atoms. The molecule has 0 unspecified atom stereocenters. The van der Waals surface area contributed by atoms with Gasteiger partial charge >= 0.3 is 0 Å². The van der Waals surface area contributed by atoms with Crippen molar-refractivity contribution in [1.29, 1.82) is 0 Å². The number of amides is 1. The fourth-order valence-electron chi connectivity index (χ4n) is 3.42. The molecule has 0 radical (unpaired) electrons. The molecule has 0 aliphatic carbocycles. The number of nitrogens with zero attached hydrogens (tertiary/aromatic N) is 4. The molecule has 1 aliphatic heterocycles. The van der Waals surface area contributed by atoms with Gasteiger partial charge in [0.2, 0.25) is 5.91 Å². The van der Waals surface area contributed by atoms with Crippen molar-refractivity contribution in [3.8, 4) is 11.3 Å². The number of pyridine rings is 1. The zero-order valence-corrected chi connectivity index (χ0v) is 15.1. The highest BCUT2D eigenvalue weighted by atomic mass is 35.5. The number of halogens is 1. The number of likely N-dealkylation sites (N-methyl/N-ethyl adjacent to an activating group) is 1. The first-order valence-electron chi connectivity index (χ1n) is 8.66. The molecule has 3 aromatic rings. The number of hydrogen-bond donors (Lipinski definition) is 2. The average Bonchev–Trinajstić information content (AvgIpc) is 3.29. The molecule has 7 nitrogen and oxygen atoms in total. The predicted molar refractivity (Wildman–Crippen MR) is 101 cm³/mol. The Morgan fingerprint density at radius 3 is 3.15 bits per heavy atom. The smallest absolute Gasteiger partial charge is 0.242 e. The molecule has 4 heterocycles. The molecule has 2 N–H and O–H groups in total. The van der Waals surface area contributed by atoms with Gasteiger partial charge in [-0.25, -0.2) is 9.97 Å². The van der Waals surface area contributed by atoms with Gasteiger partial charge < -0.3 is 15.2 Å². The van der Waals surface area contributed by atoms with E-state index in [9.17, 15) is 4.79 Å². The lowest BCUT2D eigenvalue weighted by Crippen LogP contribution is -2.43. The number of hydrogen-bond acceptors (Lipinski definition) is 5. The zero-order valence-electron chi connectivity index (χ0n) is 14.4. The zero-order chi connectivity index (χ0) is 18.1. The van der Waals surface area contributed by atoms with Crippen LogP contribution in [0.5, 0.6) is 0 Å². The number of H-pyrrole nitrogens is 1. The molecule has 0 spiro atoms. The predicted octanol–water partition coefficient (Wildman–Crippen LogP) is 2.78. The Labute approximate surface area is 155 Å². The lowest BCUT2D eigenvalue weighted by Gasteiger charge is -2.24. The second-order valence-electron chi connectivity index (χ2n) is 6.26. The van der Waals surface area contributed by atoms with Crippen LogP contribution < -0.4 is 10.2 Å². The standard InChI is InChI=1S/C18H19ClN6O/c1-2-21-18(26)15-4-3-5-25(15)16-10-20-9-14(24-16)13-8-23-17-12(13)6-11(19)7-22-17/h6-10,15H,2-5H2,1H3,(H,21,26)(H,22,23)/t15-/m1/s1. The molecule has 1 fully saturated rings. The lowest BCUT2D eigenvalue weighted by atomic mass is 10.1. The molecule has 4 rings (SSSR count). The van der Waals surface area contributed by atoms with Crippen LogP contribution in [-0.4, -0.2) is 45.0 Å². The van der Waals surface area contributed by atoms with Crippen molar-refractivity contribution in [3.05, 3.63) is 35.9 Å². The van der Waals surface area contributed by atoms with Crippen molar-refractivity contribution >= 4 is 34.4 Å². The number of carbonyl (C=O) groups excluding carboxylic acids is 1. The molecule has 1 saturated heterocycles. The van der Waals surface area contributed by atoms with Gasteiger partial charge in [0, 0.05) is 36.4 Å². The quantitative estimate of drug-likeness (QED) is 0.737. The number of aromatic nitrogens is 4. The van der Waals surface area contributed by atoms with Crippen molar-refractivity contribution in [2.24, 2.45) is 0 Å². The maximum Gasteiger partial charge on any atom is 0.242 e. The first kappa shape index (κ1) is 16.8. The summed E-state index contributed by atoms with van der Waals surface area (Å²) in [5.41, 5.74) is 2.36. The summed E-state index contributed by atoms with van der Waals surface area (Å²) < 4.78 is 0. The first-order valence-corrected chi connectivity index (χ1v) is 9.04. The normalized spacial score (nSPS) is 17.0. The van der Waals surface area contributed by atoms with E-state index in [0.717, 1.165) is 41.7 Å². The topological polar surface area (TPSA) is 86.8 Å². The first-order chi connectivity index (χ1) is 12.7. The lowest BCUT2D eigenvalue weighted by molar-refractivity contribution is -0.122. The van der Waals surface area contributed by atoms with Crippen LogP contribution in [0.3, 0.4) is 0 Å². The van der Waals surface area contributed by atoms with Crippen LogP contribution in [0.1, 0.15) is 19.8 Å². The fraction of sp³-hybridized carbons (Fsp3) is 0.333. The Hall–Kier alpha value is -2.67. The molecule has 1 atom stereocenters. The number of aromatic amines is 1. The summed E-state index contributed by atoms with van der Waals surface area (Å²) in [4.78, 5) is 30.9. The second kappa shape index (κ2) is 6.92. The third kappa shape index (κ3) is 2.99. The minimum absolute atomic E-state index is 0.0419. The Morgan fingerprint density at radius 1 is 1.42 bits per heavy atom. The molecule has 1 aliphatic rings. The summed E-state index contributed by atoms with van der Waals surface area (Å²) in [6.07, 6.45) is 8.66. The highest BCUT2D eigenvalue weighted by Gasteiger charge is 2.31. The van der Waals surface area contributed by atoms with Crippen molar-refractivity contribution in [3.63, 3.8) is 0 Å². The van der Waals surface area contributed by atoms with E-state index in [4.69, 9.17) is 16.6 Å². The van der Waals surface area contributed by atoms with Gasteiger partial charge in [0.05, 0.1) is 23.1 Å². The molecule has 26 heavy (non-hydrogen) atoms. The van der Waals surface area contributed by atoms with Crippen LogP contribution in [0, 0.1) is 0 Å². The van der Waals surface area contributed by atoms with Crippen LogP contribution in [0.2, 0.25) is 5.02 Å². The van der Waals surface area contributed by atoms with E-state index in [-0.39, 0.29) is 11.9 Å². The van der Waals surface area contributed by atoms with Crippen molar-refractivity contribution in [2.75, 3.05) is 18.0 Å². The Bertz CT molecular complexity index is 956. The molecule has 1 amide bonds. The number of fused-ring (bicyclic) bond motifs is 1. The van der Waals surface area contributed by atoms with E-state index >= 15 is 0 Å². The third-order valence-corrected chi connectivity index (χ3v) is 4.80. The highest BCUT2D eigenvalue weighted by molar-refractivity contribution is 6.31. The van der Waals surface area contributed by atoms with E-state index in [1.807, 2.05) is 24.1 Å². The number of anilines is 1. The summed E-state index contributed by atoms with van der Waals surface area (Å²) in [5, 5.41) is 4.37. The van der Waals surface area contributed by atoms with Gasteiger partial charge in [-0.1, -0.05) is 11.6 Å². The molecule has 0 aromatic carbocycles. The van der Waals surface area contributed by atoms with Crippen LogP contribution in [0.15, 0.2) is 30.9 Å². The average molecular weight is 371 g/mol. The van der Waals surface area contributed by atoms with Crippen LogP contribution in [0.4, 0.5) is 5.82 Å². The van der Waals surface area contributed by atoms with E-state index in [1.165, 1.54) is 0 Å². The van der Waals surface area contributed by atoms with Gasteiger partial charge in [-0.05, 0) is 25.8 Å². The SMILES string of the molecule is CCNC(=O)[C@H]1CCCN1c1cncc(-c2c[nH]c3ncc(Cl)cc23)n1. The largest absolute Gasteiger partial charge is 0.355 e. The minimum atomic E-state index is -0.196. The maximum absolute atomic E-state index is 12.3. The van der Waals surface area contributed by atoms with Crippen molar-refractivity contribution < 1.29 is 4.79 Å². The number of nitrogens with one attached hydrogen (secondary N) is 2. The Morgan fingerprint density at radius 2 is 2.31 bits per heavy atom. The van der Waals surface area contributed by atoms with E-state index in [2.05, 4.69) is 20.3 Å². The van der Waals surface area contributed by atoms with Crippen molar-refractivity contribution in [2.45, 2.75) is 25.8 Å². The van der Waals surface area contributed by atoms with E-state index < -0.39 is 0 Å². The molecule has 134 valence electrons. The Balaban J connectivity index is 1.70. The van der Waals surface area contributed by atoms with Gasteiger partial charge in [-0.2, -0.15) is 0 Å². The summed E-state index contributed by atoms with van der Waals surface area (Å²) in [7, 11) is 0. The van der Waals surface area contributed by atoms with Crippen LogP contribution in [0.25, 0.3) is 22.3 Å². The van der Waals surface area contributed by atoms with Gasteiger partial charge in [0.25, 0.3) is 0 Å². The Kier molecular flexibility index (Phi) is 4.46. The van der Waals surface area contributed by atoms with E-state index in [0.29, 0.717) is 17.4 Å². The van der Waals surface area contributed by atoms with Gasteiger partial charge in [-0.3, -0.25) is 9.78 Å². The molecule has 3 aromatic heterocycles. The van der Waals surface area contributed by atoms with Gasteiger partial charge in [-0.15, -0.1) is 0 Å². The van der Waals surface area contributed by atoms with Crippen LogP contribution >= 0.6 is 11.6 Å². The number of carbonyl (C=O) groups is 1. The summed E-state index contributed by atoms with van der Waals surface area (Å²) >= 11 is 6.09. The number of rotatable bonds is 4. The summed E-state index contributed by atoms with van der Waals surface area (Å²) in [5.74, 6) is 0.751.